The molecule has 0 saturated carbocycles. The van der Waals surface area contributed by atoms with Crippen LogP contribution >= 0.6 is 0 Å². The molecular weight excluding hydrogens is 218 g/mol. The van der Waals surface area contributed by atoms with Crippen molar-refractivity contribution in [1.82, 2.24) is 25.3 Å². The molecule has 0 aliphatic rings. The number of rotatable bonds is 5. The molecule has 0 aliphatic heterocycles. The minimum atomic E-state index is -0.0521. The van der Waals surface area contributed by atoms with Crippen LogP contribution in [0.3, 0.4) is 0 Å². The Morgan fingerprint density at radius 1 is 1.47 bits per heavy atom. The maximum atomic E-state index is 5.62. The third-order valence-electron chi connectivity index (χ3n) is 2.98. The topological polar surface area (TPSA) is 94.0 Å². The number of nitrogens with one attached hydrogen (secondary N) is 1. The number of hydrogen-bond acceptors (Lipinski definition) is 6. The van der Waals surface area contributed by atoms with Crippen LogP contribution in [0, 0.1) is 0 Å². The van der Waals surface area contributed by atoms with Gasteiger partial charge >= 0.3 is 0 Å². The van der Waals surface area contributed by atoms with Gasteiger partial charge in [0.25, 0.3) is 0 Å². The Kier molecular flexibility index (Phi) is 3.19. The third kappa shape index (κ3) is 2.50. The predicted molar refractivity (Wildman–Crippen MR) is 64.6 cm³/mol. The highest BCUT2D eigenvalue weighted by Crippen LogP contribution is 2.19. The molecule has 0 bridgehead atoms. The lowest BCUT2D eigenvalue weighted by Crippen LogP contribution is -2.36. The van der Waals surface area contributed by atoms with E-state index in [2.05, 4.69) is 39.8 Å². The SMILES string of the molecule is CCC(C)(CCN)Nc1ccc2nnnn2n1. The molecule has 0 spiro atoms. The molecule has 0 aliphatic carbocycles. The van der Waals surface area contributed by atoms with Gasteiger partial charge in [0.2, 0.25) is 0 Å². The van der Waals surface area contributed by atoms with Crippen LogP contribution < -0.4 is 11.1 Å². The maximum absolute atomic E-state index is 5.62. The quantitative estimate of drug-likeness (QED) is 0.781. The Morgan fingerprint density at radius 2 is 2.29 bits per heavy atom. The molecule has 3 N–H and O–H groups in total. The van der Waals surface area contributed by atoms with Crippen molar-refractivity contribution in [1.29, 1.82) is 0 Å². The van der Waals surface area contributed by atoms with Crippen molar-refractivity contribution in [2.45, 2.75) is 32.2 Å². The molecule has 2 aromatic rings. The fraction of sp³-hybridized carbons (Fsp3) is 0.600. The molecule has 0 amide bonds. The standard InChI is InChI=1S/C10H17N7/c1-3-10(2,6-7-11)12-8-4-5-9-13-15-16-17(9)14-8/h4-5H,3,6-7,11H2,1-2H3,(H,12,14). The molecule has 0 radical (unpaired) electrons. The van der Waals surface area contributed by atoms with Crippen LogP contribution in [0.2, 0.25) is 0 Å². The van der Waals surface area contributed by atoms with Crippen molar-refractivity contribution in [3.63, 3.8) is 0 Å². The van der Waals surface area contributed by atoms with Crippen molar-refractivity contribution >= 4 is 11.5 Å². The summed E-state index contributed by atoms with van der Waals surface area (Å²) >= 11 is 0. The molecule has 7 nitrogen and oxygen atoms in total. The number of tetrazole rings is 1. The van der Waals surface area contributed by atoms with Crippen molar-refractivity contribution in [3.8, 4) is 0 Å². The highest BCUT2D eigenvalue weighted by atomic mass is 15.6. The van der Waals surface area contributed by atoms with E-state index in [4.69, 9.17) is 5.73 Å². The van der Waals surface area contributed by atoms with E-state index >= 15 is 0 Å². The molecule has 0 saturated heterocycles. The van der Waals surface area contributed by atoms with Gasteiger partial charge in [-0.1, -0.05) is 6.92 Å². The molecule has 17 heavy (non-hydrogen) atoms. The molecular formula is C10H17N7. The highest BCUT2D eigenvalue weighted by molar-refractivity contribution is 5.43. The van der Waals surface area contributed by atoms with Gasteiger partial charge in [0, 0.05) is 5.54 Å². The van der Waals surface area contributed by atoms with Crippen LogP contribution in [0.1, 0.15) is 26.7 Å². The number of hydrogen-bond donors (Lipinski definition) is 2. The largest absolute Gasteiger partial charge is 0.363 e. The molecule has 0 aromatic carbocycles. The van der Waals surface area contributed by atoms with Crippen LogP contribution in [-0.4, -0.2) is 37.3 Å². The maximum Gasteiger partial charge on any atom is 0.200 e. The van der Waals surface area contributed by atoms with E-state index in [9.17, 15) is 0 Å². The molecule has 1 unspecified atom stereocenters. The summed E-state index contributed by atoms with van der Waals surface area (Å²) in [5.74, 6) is 0.752. The van der Waals surface area contributed by atoms with Crippen LogP contribution in [0.4, 0.5) is 5.82 Å². The van der Waals surface area contributed by atoms with Crippen LogP contribution in [0.15, 0.2) is 12.1 Å². The number of nitrogens with zero attached hydrogens (tertiary/aromatic N) is 5. The molecule has 2 heterocycles. The van der Waals surface area contributed by atoms with Gasteiger partial charge in [-0.05, 0) is 48.9 Å². The number of anilines is 1. The van der Waals surface area contributed by atoms with Crippen LogP contribution in [0.25, 0.3) is 5.65 Å². The van der Waals surface area contributed by atoms with Gasteiger partial charge in [0.05, 0.1) is 0 Å². The summed E-state index contributed by atoms with van der Waals surface area (Å²) in [7, 11) is 0. The van der Waals surface area contributed by atoms with Crippen molar-refractivity contribution in [2.75, 3.05) is 11.9 Å². The van der Waals surface area contributed by atoms with Gasteiger partial charge < -0.3 is 11.1 Å². The first-order chi connectivity index (χ1) is 8.17. The first-order valence-electron chi connectivity index (χ1n) is 5.70. The first-order valence-corrected chi connectivity index (χ1v) is 5.70. The summed E-state index contributed by atoms with van der Waals surface area (Å²) < 4.78 is 1.40. The molecule has 2 rings (SSSR count). The van der Waals surface area contributed by atoms with E-state index in [1.54, 1.807) is 0 Å². The average Bonchev–Trinajstić information content (AvgIpc) is 2.76. The van der Waals surface area contributed by atoms with Gasteiger partial charge in [-0.3, -0.25) is 0 Å². The Labute approximate surface area is 99.4 Å². The number of aromatic nitrogens is 5. The molecule has 7 heteroatoms. The fourth-order valence-electron chi connectivity index (χ4n) is 1.67. The molecule has 1 atom stereocenters. The summed E-state index contributed by atoms with van der Waals surface area (Å²) in [5.41, 5.74) is 6.20. The predicted octanol–water partition coefficient (Wildman–Crippen LogP) is 0.449. The summed E-state index contributed by atoms with van der Waals surface area (Å²) in [4.78, 5) is 0. The Balaban J connectivity index is 2.21. The van der Waals surface area contributed by atoms with E-state index in [-0.39, 0.29) is 5.54 Å². The summed E-state index contributed by atoms with van der Waals surface area (Å²) in [5, 5.41) is 18.8. The minimum Gasteiger partial charge on any atom is -0.363 e. The minimum absolute atomic E-state index is 0.0521. The second kappa shape index (κ2) is 4.62. The van der Waals surface area contributed by atoms with E-state index in [0.717, 1.165) is 18.7 Å². The summed E-state index contributed by atoms with van der Waals surface area (Å²) in [6.45, 7) is 4.90. The van der Waals surface area contributed by atoms with E-state index in [0.29, 0.717) is 12.2 Å². The fourth-order valence-corrected chi connectivity index (χ4v) is 1.67. The van der Waals surface area contributed by atoms with Crippen molar-refractivity contribution < 1.29 is 0 Å². The molecule has 0 fully saturated rings. The summed E-state index contributed by atoms with van der Waals surface area (Å²) in [6, 6.07) is 3.70. The highest BCUT2D eigenvalue weighted by Gasteiger charge is 2.21. The lowest BCUT2D eigenvalue weighted by Gasteiger charge is -2.29. The smallest absolute Gasteiger partial charge is 0.200 e. The third-order valence-corrected chi connectivity index (χ3v) is 2.98. The normalized spacial score (nSPS) is 14.8. The van der Waals surface area contributed by atoms with Gasteiger partial charge in [0.1, 0.15) is 5.82 Å². The lowest BCUT2D eigenvalue weighted by atomic mass is 9.94. The second-order valence-electron chi connectivity index (χ2n) is 4.32. The zero-order valence-corrected chi connectivity index (χ0v) is 10.1. The zero-order valence-electron chi connectivity index (χ0n) is 10.1. The average molecular weight is 235 g/mol. The van der Waals surface area contributed by atoms with E-state index < -0.39 is 0 Å². The molecule has 2 aromatic heterocycles. The van der Waals surface area contributed by atoms with Crippen molar-refractivity contribution in [2.24, 2.45) is 5.73 Å². The second-order valence-corrected chi connectivity index (χ2v) is 4.32. The summed E-state index contributed by atoms with van der Waals surface area (Å²) in [6.07, 6.45) is 1.86. The van der Waals surface area contributed by atoms with Crippen LogP contribution in [-0.2, 0) is 0 Å². The first kappa shape index (κ1) is 11.7. The zero-order chi connectivity index (χ0) is 12.3. The van der Waals surface area contributed by atoms with Crippen molar-refractivity contribution in [3.05, 3.63) is 12.1 Å². The Bertz CT molecular complexity index is 494. The number of fused-ring (bicyclic) bond motifs is 1. The van der Waals surface area contributed by atoms with Crippen LogP contribution in [0.5, 0.6) is 0 Å². The van der Waals surface area contributed by atoms with Gasteiger partial charge in [-0.2, -0.15) is 0 Å². The van der Waals surface area contributed by atoms with Gasteiger partial charge in [-0.15, -0.1) is 14.8 Å². The molecule has 92 valence electrons. The lowest BCUT2D eigenvalue weighted by molar-refractivity contribution is 0.460. The van der Waals surface area contributed by atoms with E-state index in [1.165, 1.54) is 4.63 Å². The Hall–Kier alpha value is -1.76. The number of nitrogens with two attached hydrogens (primary N) is 1. The van der Waals surface area contributed by atoms with E-state index in [1.807, 2.05) is 12.1 Å². The van der Waals surface area contributed by atoms with Gasteiger partial charge in [0.15, 0.2) is 5.65 Å². The van der Waals surface area contributed by atoms with Gasteiger partial charge in [-0.25, -0.2) is 0 Å². The Morgan fingerprint density at radius 3 is 3.00 bits per heavy atom. The monoisotopic (exact) mass is 235 g/mol.